The minimum atomic E-state index is 0.253. The van der Waals surface area contributed by atoms with Crippen LogP contribution in [-0.2, 0) is 0 Å². The van der Waals surface area contributed by atoms with Crippen LogP contribution in [0.15, 0.2) is 29.6 Å². The molecule has 1 aromatic carbocycles. The molecule has 0 atom stereocenters. The highest BCUT2D eigenvalue weighted by molar-refractivity contribution is 7.16. The van der Waals surface area contributed by atoms with Crippen molar-refractivity contribution in [2.45, 2.75) is 0 Å². The SMILES string of the molecule is Nc1nc(Nc2ccc3c(c2)OCO3)c2ccsc2n1. The molecule has 1 aliphatic heterocycles. The Balaban J connectivity index is 1.75. The van der Waals surface area contributed by atoms with E-state index in [0.29, 0.717) is 5.82 Å². The van der Waals surface area contributed by atoms with Crippen LogP contribution in [-0.4, -0.2) is 16.8 Å². The van der Waals surface area contributed by atoms with Crippen molar-refractivity contribution in [3.8, 4) is 11.5 Å². The number of nitrogens with two attached hydrogens (primary N) is 1. The summed E-state index contributed by atoms with van der Waals surface area (Å²) < 4.78 is 10.6. The number of nitrogen functional groups attached to an aromatic ring is 1. The molecule has 2 aromatic heterocycles. The molecule has 0 spiro atoms. The molecule has 3 N–H and O–H groups in total. The van der Waals surface area contributed by atoms with E-state index in [-0.39, 0.29) is 12.7 Å². The van der Waals surface area contributed by atoms with Gasteiger partial charge in [0.1, 0.15) is 10.6 Å². The van der Waals surface area contributed by atoms with E-state index in [1.165, 1.54) is 11.3 Å². The number of rotatable bonds is 2. The van der Waals surface area contributed by atoms with Gasteiger partial charge in [0.05, 0.1) is 5.39 Å². The summed E-state index contributed by atoms with van der Waals surface area (Å²) in [6, 6.07) is 7.61. The van der Waals surface area contributed by atoms with Crippen LogP contribution in [0.4, 0.5) is 17.5 Å². The van der Waals surface area contributed by atoms with Gasteiger partial charge in [-0.25, -0.2) is 4.98 Å². The average Bonchev–Trinajstić information content (AvgIpc) is 3.05. The van der Waals surface area contributed by atoms with Crippen molar-refractivity contribution in [2.75, 3.05) is 17.8 Å². The van der Waals surface area contributed by atoms with Crippen LogP contribution >= 0.6 is 11.3 Å². The zero-order chi connectivity index (χ0) is 13.5. The lowest BCUT2D eigenvalue weighted by Gasteiger charge is -2.08. The maximum absolute atomic E-state index is 5.73. The quantitative estimate of drug-likeness (QED) is 0.753. The van der Waals surface area contributed by atoms with Crippen molar-refractivity contribution < 1.29 is 9.47 Å². The Labute approximate surface area is 118 Å². The third-order valence-corrected chi connectivity index (χ3v) is 3.78. The molecule has 0 unspecified atom stereocenters. The molecule has 0 amide bonds. The van der Waals surface area contributed by atoms with Gasteiger partial charge >= 0.3 is 0 Å². The molecule has 1 aliphatic rings. The zero-order valence-corrected chi connectivity index (χ0v) is 11.1. The largest absolute Gasteiger partial charge is 0.454 e. The van der Waals surface area contributed by atoms with E-state index >= 15 is 0 Å². The van der Waals surface area contributed by atoms with Gasteiger partial charge in [0.2, 0.25) is 12.7 Å². The number of ether oxygens (including phenoxy) is 2. The first kappa shape index (κ1) is 11.3. The Morgan fingerprint density at radius 2 is 2.05 bits per heavy atom. The number of anilines is 3. The summed E-state index contributed by atoms with van der Waals surface area (Å²) in [6.07, 6.45) is 0. The van der Waals surface area contributed by atoms with Crippen molar-refractivity contribution in [2.24, 2.45) is 0 Å². The van der Waals surface area contributed by atoms with Gasteiger partial charge in [0.15, 0.2) is 11.5 Å². The Morgan fingerprint density at radius 3 is 3.00 bits per heavy atom. The molecule has 20 heavy (non-hydrogen) atoms. The van der Waals surface area contributed by atoms with Gasteiger partial charge in [-0.15, -0.1) is 11.3 Å². The second-order valence-electron chi connectivity index (χ2n) is 4.26. The van der Waals surface area contributed by atoms with Crippen molar-refractivity contribution >= 4 is 39.0 Å². The Kier molecular flexibility index (Phi) is 2.40. The highest BCUT2D eigenvalue weighted by Crippen LogP contribution is 2.36. The highest BCUT2D eigenvalue weighted by Gasteiger charge is 2.14. The molecular formula is C13H10N4O2S. The molecule has 3 heterocycles. The lowest BCUT2D eigenvalue weighted by molar-refractivity contribution is 0.174. The Hall–Kier alpha value is -2.54. The maximum Gasteiger partial charge on any atom is 0.231 e. The van der Waals surface area contributed by atoms with Crippen molar-refractivity contribution in [1.82, 2.24) is 9.97 Å². The monoisotopic (exact) mass is 286 g/mol. The van der Waals surface area contributed by atoms with Crippen LogP contribution in [0, 0.1) is 0 Å². The van der Waals surface area contributed by atoms with Gasteiger partial charge in [0.25, 0.3) is 0 Å². The van der Waals surface area contributed by atoms with E-state index in [2.05, 4.69) is 15.3 Å². The fourth-order valence-electron chi connectivity index (χ4n) is 2.08. The van der Waals surface area contributed by atoms with Gasteiger partial charge in [0, 0.05) is 11.8 Å². The van der Waals surface area contributed by atoms with E-state index in [1.54, 1.807) is 0 Å². The number of benzene rings is 1. The number of nitrogens with one attached hydrogen (secondary N) is 1. The van der Waals surface area contributed by atoms with Crippen LogP contribution in [0.5, 0.6) is 11.5 Å². The molecule has 0 saturated carbocycles. The van der Waals surface area contributed by atoms with E-state index in [1.807, 2.05) is 29.6 Å². The molecule has 4 rings (SSSR count). The third kappa shape index (κ3) is 1.79. The summed E-state index contributed by atoms with van der Waals surface area (Å²) in [5.74, 6) is 2.41. The number of hydrogen-bond acceptors (Lipinski definition) is 7. The number of hydrogen-bond donors (Lipinski definition) is 2. The number of nitrogens with zero attached hydrogens (tertiary/aromatic N) is 2. The molecule has 6 nitrogen and oxygen atoms in total. The maximum atomic E-state index is 5.73. The summed E-state index contributed by atoms with van der Waals surface area (Å²) >= 11 is 1.53. The van der Waals surface area contributed by atoms with Crippen LogP contribution in [0.2, 0.25) is 0 Å². The third-order valence-electron chi connectivity index (χ3n) is 2.98. The minimum absolute atomic E-state index is 0.253. The molecule has 0 saturated heterocycles. The lowest BCUT2D eigenvalue weighted by atomic mass is 10.2. The predicted octanol–water partition coefficient (Wildman–Crippen LogP) is 2.75. The smallest absolute Gasteiger partial charge is 0.231 e. The molecular weight excluding hydrogens is 276 g/mol. The number of fused-ring (bicyclic) bond motifs is 2. The van der Waals surface area contributed by atoms with Crippen LogP contribution in [0.1, 0.15) is 0 Å². The van der Waals surface area contributed by atoms with Crippen molar-refractivity contribution in [1.29, 1.82) is 0 Å². The van der Waals surface area contributed by atoms with Gasteiger partial charge in [-0.05, 0) is 23.6 Å². The fraction of sp³-hybridized carbons (Fsp3) is 0.0769. The normalized spacial score (nSPS) is 12.8. The molecule has 7 heteroatoms. The van der Waals surface area contributed by atoms with Crippen LogP contribution in [0.3, 0.4) is 0 Å². The topological polar surface area (TPSA) is 82.3 Å². The Bertz CT molecular complexity index is 802. The average molecular weight is 286 g/mol. The summed E-state index contributed by atoms with van der Waals surface area (Å²) in [5, 5.41) is 6.15. The summed E-state index contributed by atoms with van der Waals surface area (Å²) in [7, 11) is 0. The summed E-state index contributed by atoms with van der Waals surface area (Å²) in [4.78, 5) is 9.31. The van der Waals surface area contributed by atoms with Gasteiger partial charge in [-0.3, -0.25) is 0 Å². The van der Waals surface area contributed by atoms with Gasteiger partial charge in [-0.1, -0.05) is 0 Å². The lowest BCUT2D eigenvalue weighted by Crippen LogP contribution is -2.00. The summed E-state index contributed by atoms with van der Waals surface area (Å²) in [5.41, 5.74) is 6.59. The van der Waals surface area contributed by atoms with Crippen molar-refractivity contribution in [3.63, 3.8) is 0 Å². The van der Waals surface area contributed by atoms with Gasteiger partial charge < -0.3 is 20.5 Å². The van der Waals surface area contributed by atoms with Crippen LogP contribution in [0.25, 0.3) is 10.2 Å². The first-order chi connectivity index (χ1) is 9.79. The molecule has 0 aliphatic carbocycles. The van der Waals surface area contributed by atoms with Crippen LogP contribution < -0.4 is 20.5 Å². The molecule has 3 aromatic rings. The highest BCUT2D eigenvalue weighted by atomic mass is 32.1. The Morgan fingerprint density at radius 1 is 1.15 bits per heavy atom. The van der Waals surface area contributed by atoms with E-state index in [9.17, 15) is 0 Å². The van der Waals surface area contributed by atoms with E-state index in [0.717, 1.165) is 27.4 Å². The number of thiophene rings is 1. The van der Waals surface area contributed by atoms with E-state index < -0.39 is 0 Å². The van der Waals surface area contributed by atoms with E-state index in [4.69, 9.17) is 15.2 Å². The fourth-order valence-corrected chi connectivity index (χ4v) is 2.85. The first-order valence-electron chi connectivity index (χ1n) is 5.97. The molecule has 100 valence electrons. The molecule has 0 radical (unpaired) electrons. The van der Waals surface area contributed by atoms with Gasteiger partial charge in [-0.2, -0.15) is 4.98 Å². The first-order valence-corrected chi connectivity index (χ1v) is 6.85. The second kappa shape index (κ2) is 4.24. The standard InChI is InChI=1S/C13H10N4O2S/c14-13-16-11(8-3-4-20-12(8)17-13)15-7-1-2-9-10(5-7)19-6-18-9/h1-5H,6H2,(H3,14,15,16,17). The zero-order valence-electron chi connectivity index (χ0n) is 10.3. The summed E-state index contributed by atoms with van der Waals surface area (Å²) in [6.45, 7) is 0.258. The second-order valence-corrected chi connectivity index (χ2v) is 5.16. The minimum Gasteiger partial charge on any atom is -0.454 e. The van der Waals surface area contributed by atoms with Crippen molar-refractivity contribution in [3.05, 3.63) is 29.6 Å². The molecule has 0 bridgehead atoms. The predicted molar refractivity (Wildman–Crippen MR) is 77.7 cm³/mol. The molecule has 0 fully saturated rings. The number of aromatic nitrogens is 2.